The molecule has 3 atom stereocenters. The van der Waals surface area contributed by atoms with Gasteiger partial charge in [-0.2, -0.15) is 0 Å². The van der Waals surface area contributed by atoms with E-state index < -0.39 is 0 Å². The molecular weight excluding hydrogens is 216 g/mol. The molecule has 1 aliphatic carbocycles. The third kappa shape index (κ3) is 3.68. The van der Waals surface area contributed by atoms with Crippen LogP contribution in [0.1, 0.15) is 44.9 Å². The molecule has 2 fully saturated rings. The van der Waals surface area contributed by atoms with Crippen LogP contribution in [0.2, 0.25) is 0 Å². The molecule has 17 heavy (non-hydrogen) atoms. The molecule has 1 amide bonds. The fourth-order valence-corrected chi connectivity index (χ4v) is 2.96. The van der Waals surface area contributed by atoms with E-state index in [0.717, 1.165) is 32.2 Å². The molecule has 0 radical (unpaired) electrons. The van der Waals surface area contributed by atoms with Crippen LogP contribution in [-0.2, 0) is 9.53 Å². The molecule has 0 spiro atoms. The minimum atomic E-state index is 0.179. The van der Waals surface area contributed by atoms with E-state index in [0.29, 0.717) is 12.5 Å². The third-order valence-corrected chi connectivity index (χ3v) is 3.95. The van der Waals surface area contributed by atoms with E-state index in [1.807, 2.05) is 0 Å². The predicted molar refractivity (Wildman–Crippen MR) is 66.8 cm³/mol. The minimum Gasteiger partial charge on any atom is -0.379 e. The average Bonchev–Trinajstić information content (AvgIpc) is 2.77. The summed E-state index contributed by atoms with van der Waals surface area (Å²) >= 11 is 0. The van der Waals surface area contributed by atoms with Crippen molar-refractivity contribution in [2.45, 2.75) is 63.1 Å². The van der Waals surface area contributed by atoms with Gasteiger partial charge in [0.25, 0.3) is 0 Å². The van der Waals surface area contributed by atoms with Crippen LogP contribution < -0.4 is 10.6 Å². The second-order valence-corrected chi connectivity index (χ2v) is 5.23. The zero-order valence-corrected chi connectivity index (χ0v) is 10.7. The Morgan fingerprint density at radius 3 is 2.88 bits per heavy atom. The first-order valence-electron chi connectivity index (χ1n) is 6.85. The minimum absolute atomic E-state index is 0.179. The van der Waals surface area contributed by atoms with Crippen molar-refractivity contribution in [1.82, 2.24) is 10.6 Å². The SMILES string of the molecule is COC1CCCC1NC(=O)CC1CCCCN1. The van der Waals surface area contributed by atoms with Crippen molar-refractivity contribution >= 4 is 5.91 Å². The lowest BCUT2D eigenvalue weighted by molar-refractivity contribution is -0.123. The summed E-state index contributed by atoms with van der Waals surface area (Å²) < 4.78 is 5.38. The van der Waals surface area contributed by atoms with Crippen molar-refractivity contribution in [3.8, 4) is 0 Å². The standard InChI is InChI=1S/C13H24N2O2/c1-17-12-7-4-6-11(12)15-13(16)9-10-5-2-3-8-14-10/h10-12,14H,2-9H2,1H3,(H,15,16). The number of nitrogens with one attached hydrogen (secondary N) is 2. The molecule has 2 aliphatic rings. The van der Waals surface area contributed by atoms with Crippen molar-refractivity contribution in [2.24, 2.45) is 0 Å². The molecule has 1 aliphatic heterocycles. The quantitative estimate of drug-likeness (QED) is 0.776. The molecule has 98 valence electrons. The topological polar surface area (TPSA) is 50.4 Å². The number of hydrogen-bond donors (Lipinski definition) is 2. The molecule has 1 saturated carbocycles. The van der Waals surface area contributed by atoms with Gasteiger partial charge in [-0.15, -0.1) is 0 Å². The Bertz CT molecular complexity index is 252. The van der Waals surface area contributed by atoms with Gasteiger partial charge < -0.3 is 15.4 Å². The first kappa shape index (κ1) is 12.8. The average molecular weight is 240 g/mol. The fraction of sp³-hybridized carbons (Fsp3) is 0.923. The Morgan fingerprint density at radius 2 is 2.18 bits per heavy atom. The Morgan fingerprint density at radius 1 is 1.29 bits per heavy atom. The van der Waals surface area contributed by atoms with Gasteiger partial charge in [-0.1, -0.05) is 6.42 Å². The lowest BCUT2D eigenvalue weighted by Gasteiger charge is -2.25. The lowest BCUT2D eigenvalue weighted by atomic mass is 10.0. The summed E-state index contributed by atoms with van der Waals surface area (Å²) in [5.74, 6) is 0.179. The van der Waals surface area contributed by atoms with Crippen LogP contribution in [0.25, 0.3) is 0 Å². The van der Waals surface area contributed by atoms with E-state index >= 15 is 0 Å². The zero-order chi connectivity index (χ0) is 12.1. The number of piperidine rings is 1. The highest BCUT2D eigenvalue weighted by molar-refractivity contribution is 5.77. The van der Waals surface area contributed by atoms with Crippen LogP contribution in [0.5, 0.6) is 0 Å². The van der Waals surface area contributed by atoms with E-state index in [2.05, 4.69) is 10.6 Å². The summed E-state index contributed by atoms with van der Waals surface area (Å²) in [6, 6.07) is 0.613. The number of hydrogen-bond acceptors (Lipinski definition) is 3. The molecule has 0 aromatic carbocycles. The molecule has 0 aromatic rings. The van der Waals surface area contributed by atoms with E-state index in [1.54, 1.807) is 7.11 Å². The van der Waals surface area contributed by atoms with Crippen molar-refractivity contribution in [3.05, 3.63) is 0 Å². The predicted octanol–water partition coefficient (Wildman–Crippen LogP) is 1.20. The van der Waals surface area contributed by atoms with E-state index in [-0.39, 0.29) is 18.1 Å². The van der Waals surface area contributed by atoms with Gasteiger partial charge in [0.1, 0.15) is 0 Å². The highest BCUT2D eigenvalue weighted by atomic mass is 16.5. The first-order valence-corrected chi connectivity index (χ1v) is 6.85. The zero-order valence-electron chi connectivity index (χ0n) is 10.7. The lowest BCUT2D eigenvalue weighted by Crippen LogP contribution is -2.44. The van der Waals surface area contributed by atoms with E-state index in [1.165, 1.54) is 12.8 Å². The van der Waals surface area contributed by atoms with Crippen LogP contribution >= 0.6 is 0 Å². The second-order valence-electron chi connectivity index (χ2n) is 5.23. The fourth-order valence-electron chi connectivity index (χ4n) is 2.96. The Kier molecular flexibility index (Phi) is 4.80. The Hall–Kier alpha value is -0.610. The molecule has 1 heterocycles. The van der Waals surface area contributed by atoms with Crippen LogP contribution in [-0.4, -0.2) is 37.7 Å². The number of methoxy groups -OCH3 is 1. The Balaban J connectivity index is 1.72. The number of amides is 1. The van der Waals surface area contributed by atoms with Gasteiger partial charge in [0, 0.05) is 19.6 Å². The maximum Gasteiger partial charge on any atom is 0.221 e. The van der Waals surface area contributed by atoms with Gasteiger partial charge in [0.2, 0.25) is 5.91 Å². The smallest absolute Gasteiger partial charge is 0.221 e. The van der Waals surface area contributed by atoms with Crippen molar-refractivity contribution in [2.75, 3.05) is 13.7 Å². The molecule has 0 aromatic heterocycles. The normalized spacial score (nSPS) is 33.6. The summed E-state index contributed by atoms with van der Waals surface area (Å²) in [6.07, 6.45) is 7.75. The molecule has 4 heteroatoms. The van der Waals surface area contributed by atoms with Gasteiger partial charge >= 0.3 is 0 Å². The van der Waals surface area contributed by atoms with Gasteiger partial charge in [-0.05, 0) is 38.6 Å². The molecule has 1 saturated heterocycles. The van der Waals surface area contributed by atoms with E-state index in [4.69, 9.17) is 4.74 Å². The maximum atomic E-state index is 11.9. The van der Waals surface area contributed by atoms with Crippen LogP contribution in [0.15, 0.2) is 0 Å². The molecule has 3 unspecified atom stereocenters. The number of rotatable bonds is 4. The van der Waals surface area contributed by atoms with Gasteiger partial charge in [-0.25, -0.2) is 0 Å². The van der Waals surface area contributed by atoms with Crippen LogP contribution in [0, 0.1) is 0 Å². The van der Waals surface area contributed by atoms with Gasteiger partial charge in [-0.3, -0.25) is 4.79 Å². The summed E-state index contributed by atoms with van der Waals surface area (Å²) in [4.78, 5) is 11.9. The highest BCUT2D eigenvalue weighted by Gasteiger charge is 2.28. The second kappa shape index (κ2) is 6.36. The van der Waals surface area contributed by atoms with Crippen LogP contribution in [0.4, 0.5) is 0 Å². The van der Waals surface area contributed by atoms with Crippen LogP contribution in [0.3, 0.4) is 0 Å². The summed E-state index contributed by atoms with van der Waals surface area (Å²) in [6.45, 7) is 1.06. The maximum absolute atomic E-state index is 11.9. The van der Waals surface area contributed by atoms with Crippen molar-refractivity contribution in [3.63, 3.8) is 0 Å². The van der Waals surface area contributed by atoms with Crippen molar-refractivity contribution in [1.29, 1.82) is 0 Å². The molecule has 4 nitrogen and oxygen atoms in total. The third-order valence-electron chi connectivity index (χ3n) is 3.95. The number of ether oxygens (including phenoxy) is 1. The molecule has 0 bridgehead atoms. The van der Waals surface area contributed by atoms with Gasteiger partial charge in [0.05, 0.1) is 12.1 Å². The summed E-state index contributed by atoms with van der Waals surface area (Å²) in [5.41, 5.74) is 0. The monoisotopic (exact) mass is 240 g/mol. The first-order chi connectivity index (χ1) is 8.29. The number of carbonyl (C=O) groups is 1. The molecule has 2 rings (SSSR count). The molecule has 2 N–H and O–H groups in total. The van der Waals surface area contributed by atoms with E-state index in [9.17, 15) is 4.79 Å². The highest BCUT2D eigenvalue weighted by Crippen LogP contribution is 2.21. The number of carbonyl (C=O) groups excluding carboxylic acids is 1. The van der Waals surface area contributed by atoms with Gasteiger partial charge in [0.15, 0.2) is 0 Å². The summed E-state index contributed by atoms with van der Waals surface area (Å²) in [7, 11) is 1.73. The summed E-state index contributed by atoms with van der Waals surface area (Å²) in [5, 5.41) is 6.53. The largest absolute Gasteiger partial charge is 0.379 e. The molecular formula is C13H24N2O2. The Labute approximate surface area is 103 Å². The van der Waals surface area contributed by atoms with Crippen molar-refractivity contribution < 1.29 is 9.53 Å².